The number of nitrogens with one attached hydrogen (secondary N) is 1. The summed E-state index contributed by atoms with van der Waals surface area (Å²) in [6, 6.07) is -0.548. The zero-order valence-electron chi connectivity index (χ0n) is 40.7. The van der Waals surface area contributed by atoms with Crippen LogP contribution >= 0.6 is 0 Å². The number of amides is 1. The lowest BCUT2D eigenvalue weighted by molar-refractivity contribution is -0.143. The molecule has 0 aliphatic heterocycles. The molecule has 0 aliphatic rings. The van der Waals surface area contributed by atoms with Gasteiger partial charge in [0, 0.05) is 12.8 Å². The molecule has 2 unspecified atom stereocenters. The molecule has 0 saturated heterocycles. The lowest BCUT2D eigenvalue weighted by atomic mass is 10.0. The van der Waals surface area contributed by atoms with Gasteiger partial charge in [-0.25, -0.2) is 0 Å². The Labute approximate surface area is 375 Å². The van der Waals surface area contributed by atoms with Crippen LogP contribution in [0.2, 0.25) is 0 Å². The number of carbonyl (C=O) groups is 2. The Morgan fingerprint density at radius 2 is 0.683 bits per heavy atom. The van der Waals surface area contributed by atoms with Crippen LogP contribution in [0, 0.1) is 0 Å². The fourth-order valence-electron chi connectivity index (χ4n) is 8.70. The normalized spacial score (nSPS) is 12.5. The third-order valence-electron chi connectivity index (χ3n) is 12.9. The van der Waals surface area contributed by atoms with Gasteiger partial charge in [0.15, 0.2) is 0 Å². The minimum atomic E-state index is -0.670. The molecule has 0 radical (unpaired) electrons. The summed E-state index contributed by atoms with van der Waals surface area (Å²) in [6.45, 7) is 4.94. The maximum Gasteiger partial charge on any atom is 0.305 e. The van der Waals surface area contributed by atoms with Gasteiger partial charge in [-0.1, -0.05) is 271 Å². The molecule has 6 heteroatoms. The minimum Gasteiger partial charge on any atom is -0.466 e. The molecule has 0 aliphatic carbocycles. The van der Waals surface area contributed by atoms with Crippen molar-refractivity contribution in [1.82, 2.24) is 5.32 Å². The molecule has 358 valence electrons. The first kappa shape index (κ1) is 58.9. The van der Waals surface area contributed by atoms with E-state index in [1.165, 1.54) is 225 Å². The fourth-order valence-corrected chi connectivity index (χ4v) is 8.70. The van der Waals surface area contributed by atoms with E-state index in [0.29, 0.717) is 25.9 Å². The molecule has 60 heavy (non-hydrogen) atoms. The molecule has 0 saturated carbocycles. The summed E-state index contributed by atoms with van der Waals surface area (Å²) in [7, 11) is 0. The van der Waals surface area contributed by atoms with E-state index in [0.717, 1.165) is 51.4 Å². The Morgan fingerprint density at radius 3 is 1.02 bits per heavy atom. The number of hydrogen-bond donors (Lipinski definition) is 3. The van der Waals surface area contributed by atoms with Crippen molar-refractivity contribution in [1.29, 1.82) is 0 Å². The van der Waals surface area contributed by atoms with Gasteiger partial charge < -0.3 is 20.3 Å². The topological polar surface area (TPSA) is 95.9 Å². The Kier molecular flexibility index (Phi) is 49.5. The zero-order valence-corrected chi connectivity index (χ0v) is 40.7. The third kappa shape index (κ3) is 46.4. The monoisotopic (exact) mass is 850 g/mol. The van der Waals surface area contributed by atoms with E-state index in [-0.39, 0.29) is 18.5 Å². The van der Waals surface area contributed by atoms with E-state index in [1.54, 1.807) is 0 Å². The number of unbranched alkanes of at least 4 members (excludes halogenated alkanes) is 40. The average Bonchev–Trinajstić information content (AvgIpc) is 3.25. The average molecular weight is 850 g/mol. The predicted molar refractivity (Wildman–Crippen MR) is 260 cm³/mol. The quantitative estimate of drug-likeness (QED) is 0.0418. The highest BCUT2D eigenvalue weighted by Gasteiger charge is 2.20. The lowest BCUT2D eigenvalue weighted by Gasteiger charge is -2.22. The number of hydrogen-bond acceptors (Lipinski definition) is 5. The molecule has 3 N–H and O–H groups in total. The summed E-state index contributed by atoms with van der Waals surface area (Å²) in [5.74, 6) is -0.0472. The highest BCUT2D eigenvalue weighted by molar-refractivity contribution is 5.76. The van der Waals surface area contributed by atoms with E-state index in [4.69, 9.17) is 4.74 Å². The molecule has 2 atom stereocenters. The predicted octanol–water partition coefficient (Wildman–Crippen LogP) is 16.4. The summed E-state index contributed by atoms with van der Waals surface area (Å²) in [4.78, 5) is 24.5. The Bertz CT molecular complexity index is 852. The van der Waals surface area contributed by atoms with Crippen molar-refractivity contribution in [2.45, 2.75) is 321 Å². The van der Waals surface area contributed by atoms with Crippen molar-refractivity contribution in [2.24, 2.45) is 0 Å². The van der Waals surface area contributed by atoms with Crippen LogP contribution in [0.1, 0.15) is 309 Å². The Hall–Kier alpha value is -1.14. The second kappa shape index (κ2) is 50.5. The van der Waals surface area contributed by atoms with E-state index in [2.05, 4.69) is 19.2 Å². The van der Waals surface area contributed by atoms with Crippen molar-refractivity contribution < 1.29 is 24.5 Å². The molecule has 0 fully saturated rings. The largest absolute Gasteiger partial charge is 0.466 e. The maximum absolute atomic E-state index is 12.4. The zero-order chi connectivity index (χ0) is 43.7. The Balaban J connectivity index is 3.39. The number of aliphatic hydroxyl groups excluding tert-OH is 2. The standard InChI is InChI=1S/C54H107NO5/c1-3-5-7-9-11-13-15-16-17-18-19-20-21-24-28-32-36-40-44-48-54(59)60-49-45-41-37-33-29-25-22-23-27-31-35-39-43-47-53(58)55-51(50-56)52(57)46-42-38-34-30-26-14-12-10-8-6-4-2/h51-52,56-57H,3-50H2,1-2H3,(H,55,58). The van der Waals surface area contributed by atoms with Crippen molar-refractivity contribution in [3.63, 3.8) is 0 Å². The van der Waals surface area contributed by atoms with E-state index in [1.807, 2.05) is 0 Å². The summed E-state index contributed by atoms with van der Waals surface area (Å²) in [5, 5.41) is 23.1. The van der Waals surface area contributed by atoms with Crippen molar-refractivity contribution in [2.75, 3.05) is 13.2 Å². The smallest absolute Gasteiger partial charge is 0.305 e. The second-order valence-corrected chi connectivity index (χ2v) is 18.9. The van der Waals surface area contributed by atoms with Gasteiger partial charge in [-0.15, -0.1) is 0 Å². The first-order valence-electron chi connectivity index (χ1n) is 27.3. The van der Waals surface area contributed by atoms with Gasteiger partial charge in [-0.3, -0.25) is 9.59 Å². The number of rotatable bonds is 51. The number of esters is 1. The summed E-state index contributed by atoms with van der Waals surface area (Å²) >= 11 is 0. The van der Waals surface area contributed by atoms with Gasteiger partial charge in [0.05, 0.1) is 25.4 Å². The van der Waals surface area contributed by atoms with Crippen molar-refractivity contribution >= 4 is 11.9 Å². The van der Waals surface area contributed by atoms with E-state index >= 15 is 0 Å². The highest BCUT2D eigenvalue weighted by Crippen LogP contribution is 2.17. The van der Waals surface area contributed by atoms with Crippen LogP contribution in [0.4, 0.5) is 0 Å². The van der Waals surface area contributed by atoms with Crippen LogP contribution in [0.15, 0.2) is 0 Å². The van der Waals surface area contributed by atoms with Crippen LogP contribution in [0.3, 0.4) is 0 Å². The second-order valence-electron chi connectivity index (χ2n) is 18.9. The number of carbonyl (C=O) groups excluding carboxylic acids is 2. The molecule has 6 nitrogen and oxygen atoms in total. The molecule has 1 amide bonds. The first-order chi connectivity index (χ1) is 29.5. The minimum absolute atomic E-state index is 0.000183. The van der Waals surface area contributed by atoms with Crippen LogP contribution in [-0.4, -0.2) is 47.4 Å². The lowest BCUT2D eigenvalue weighted by Crippen LogP contribution is -2.45. The molecular formula is C54H107NO5. The molecule has 0 aromatic rings. The van der Waals surface area contributed by atoms with Gasteiger partial charge in [0.25, 0.3) is 0 Å². The van der Waals surface area contributed by atoms with Crippen molar-refractivity contribution in [3.8, 4) is 0 Å². The SMILES string of the molecule is CCCCCCCCCCCCCCCCCCCCCC(=O)OCCCCCCCCCCCCCCCC(=O)NC(CO)C(O)CCCCCCCCCCCCC. The third-order valence-corrected chi connectivity index (χ3v) is 12.9. The molecule has 0 heterocycles. The van der Waals surface area contributed by atoms with Gasteiger partial charge in [0.1, 0.15) is 0 Å². The number of ether oxygens (including phenoxy) is 1. The maximum atomic E-state index is 12.4. The fraction of sp³-hybridized carbons (Fsp3) is 0.963. The van der Waals surface area contributed by atoms with Gasteiger partial charge in [-0.05, 0) is 25.7 Å². The molecule has 0 rings (SSSR count). The van der Waals surface area contributed by atoms with Crippen LogP contribution in [0.5, 0.6) is 0 Å². The van der Waals surface area contributed by atoms with Crippen molar-refractivity contribution in [3.05, 3.63) is 0 Å². The molecule has 0 bridgehead atoms. The molecule has 0 aromatic heterocycles. The van der Waals surface area contributed by atoms with Crippen LogP contribution in [-0.2, 0) is 14.3 Å². The highest BCUT2D eigenvalue weighted by atomic mass is 16.5. The van der Waals surface area contributed by atoms with E-state index in [9.17, 15) is 19.8 Å². The summed E-state index contributed by atoms with van der Waals surface area (Å²) < 4.78 is 5.48. The van der Waals surface area contributed by atoms with Crippen LogP contribution < -0.4 is 5.32 Å². The molecule has 0 spiro atoms. The molecule has 0 aromatic carbocycles. The van der Waals surface area contributed by atoms with E-state index < -0.39 is 12.1 Å². The Morgan fingerprint density at radius 1 is 0.400 bits per heavy atom. The number of aliphatic hydroxyl groups is 2. The first-order valence-corrected chi connectivity index (χ1v) is 27.3. The van der Waals surface area contributed by atoms with Gasteiger partial charge in [0.2, 0.25) is 5.91 Å². The van der Waals surface area contributed by atoms with Gasteiger partial charge >= 0.3 is 5.97 Å². The molecular weight excluding hydrogens is 743 g/mol. The van der Waals surface area contributed by atoms with Gasteiger partial charge in [-0.2, -0.15) is 0 Å². The summed E-state index contributed by atoms with van der Waals surface area (Å²) in [5.41, 5.74) is 0. The summed E-state index contributed by atoms with van der Waals surface area (Å²) in [6.07, 6.45) is 56.5. The van der Waals surface area contributed by atoms with Crippen LogP contribution in [0.25, 0.3) is 0 Å².